The SMILES string of the molecule is CN(c1ccc(OCC(=O)Nc2ccc(N3CCCC3=O)cc2)cc1)S(C)(=O)=O. The van der Waals surface area contributed by atoms with Gasteiger partial charge in [-0.25, -0.2) is 8.42 Å². The van der Waals surface area contributed by atoms with Crippen molar-refractivity contribution >= 4 is 38.9 Å². The van der Waals surface area contributed by atoms with E-state index in [1.807, 2.05) is 0 Å². The summed E-state index contributed by atoms with van der Waals surface area (Å²) in [6, 6.07) is 13.5. The number of amides is 2. The molecule has 1 fully saturated rings. The van der Waals surface area contributed by atoms with Gasteiger partial charge in [0, 0.05) is 31.4 Å². The average Bonchev–Trinajstić information content (AvgIpc) is 3.12. The van der Waals surface area contributed by atoms with Crippen LogP contribution in [0.3, 0.4) is 0 Å². The summed E-state index contributed by atoms with van der Waals surface area (Å²) in [5, 5.41) is 2.74. The number of benzene rings is 2. The first-order valence-corrected chi connectivity index (χ1v) is 11.0. The van der Waals surface area contributed by atoms with Gasteiger partial charge in [0.25, 0.3) is 5.91 Å². The lowest BCUT2D eigenvalue weighted by Gasteiger charge is -2.17. The molecule has 0 radical (unpaired) electrons. The van der Waals surface area contributed by atoms with Gasteiger partial charge in [-0.2, -0.15) is 0 Å². The van der Waals surface area contributed by atoms with Crippen LogP contribution in [0.4, 0.5) is 17.1 Å². The third-order valence-corrected chi connectivity index (χ3v) is 5.81. The standard InChI is InChI=1S/C20H23N3O5S/c1-22(29(2,26)27)16-9-11-18(12-10-16)28-14-19(24)21-15-5-7-17(8-6-15)23-13-3-4-20(23)25/h5-12H,3-4,13-14H2,1-2H3,(H,21,24). The van der Waals surface area contributed by atoms with Crippen molar-refractivity contribution in [2.24, 2.45) is 0 Å². The van der Waals surface area contributed by atoms with Gasteiger partial charge in [0.05, 0.1) is 11.9 Å². The van der Waals surface area contributed by atoms with Crippen molar-refractivity contribution in [1.29, 1.82) is 0 Å². The Morgan fingerprint density at radius 3 is 2.34 bits per heavy atom. The molecule has 1 N–H and O–H groups in total. The Kier molecular flexibility index (Phi) is 6.07. The molecule has 2 aromatic rings. The quantitative estimate of drug-likeness (QED) is 0.745. The van der Waals surface area contributed by atoms with Crippen LogP contribution in [0.15, 0.2) is 48.5 Å². The molecule has 9 heteroatoms. The summed E-state index contributed by atoms with van der Waals surface area (Å²) < 4.78 is 29.7. The van der Waals surface area contributed by atoms with E-state index in [1.165, 1.54) is 7.05 Å². The molecule has 0 bridgehead atoms. The highest BCUT2D eigenvalue weighted by molar-refractivity contribution is 7.92. The molecule has 2 aromatic carbocycles. The molecule has 29 heavy (non-hydrogen) atoms. The predicted octanol–water partition coefficient (Wildman–Crippen LogP) is 2.23. The molecular formula is C20H23N3O5S. The topological polar surface area (TPSA) is 96.0 Å². The Balaban J connectivity index is 1.51. The van der Waals surface area contributed by atoms with Gasteiger partial charge < -0.3 is 15.0 Å². The number of nitrogens with zero attached hydrogens (tertiary/aromatic N) is 2. The largest absolute Gasteiger partial charge is 0.484 e. The van der Waals surface area contributed by atoms with E-state index in [4.69, 9.17) is 4.74 Å². The predicted molar refractivity (Wildman–Crippen MR) is 112 cm³/mol. The van der Waals surface area contributed by atoms with Crippen LogP contribution in [0.1, 0.15) is 12.8 Å². The monoisotopic (exact) mass is 417 g/mol. The number of sulfonamides is 1. The van der Waals surface area contributed by atoms with Gasteiger partial charge in [0.1, 0.15) is 5.75 Å². The molecule has 1 saturated heterocycles. The number of carbonyl (C=O) groups excluding carboxylic acids is 2. The summed E-state index contributed by atoms with van der Waals surface area (Å²) in [7, 11) is -1.87. The Hall–Kier alpha value is -3.07. The van der Waals surface area contributed by atoms with Crippen molar-refractivity contribution in [2.75, 3.05) is 41.0 Å². The number of hydrogen-bond donors (Lipinski definition) is 1. The minimum absolute atomic E-state index is 0.115. The van der Waals surface area contributed by atoms with Crippen LogP contribution in [0.25, 0.3) is 0 Å². The summed E-state index contributed by atoms with van der Waals surface area (Å²) in [5.74, 6) is 0.241. The van der Waals surface area contributed by atoms with Crippen LogP contribution in [0.2, 0.25) is 0 Å². The molecule has 1 heterocycles. The lowest BCUT2D eigenvalue weighted by atomic mass is 10.2. The van der Waals surface area contributed by atoms with Gasteiger partial charge in [-0.05, 0) is 55.0 Å². The first kappa shape index (κ1) is 20.7. The number of rotatable bonds is 7. The second kappa shape index (κ2) is 8.52. The van der Waals surface area contributed by atoms with E-state index in [0.29, 0.717) is 23.5 Å². The molecule has 2 amide bonds. The van der Waals surface area contributed by atoms with E-state index in [-0.39, 0.29) is 18.4 Å². The molecular weight excluding hydrogens is 394 g/mol. The highest BCUT2D eigenvalue weighted by Gasteiger charge is 2.21. The number of anilines is 3. The van der Waals surface area contributed by atoms with E-state index in [0.717, 1.165) is 29.2 Å². The maximum absolute atomic E-state index is 12.1. The summed E-state index contributed by atoms with van der Waals surface area (Å²) in [6.07, 6.45) is 2.55. The molecule has 8 nitrogen and oxygen atoms in total. The van der Waals surface area contributed by atoms with Crippen molar-refractivity contribution in [3.8, 4) is 5.75 Å². The lowest BCUT2D eigenvalue weighted by molar-refractivity contribution is -0.118. The van der Waals surface area contributed by atoms with Gasteiger partial charge in [-0.15, -0.1) is 0 Å². The Labute approximate surface area is 170 Å². The van der Waals surface area contributed by atoms with Crippen molar-refractivity contribution in [3.05, 3.63) is 48.5 Å². The second-order valence-electron chi connectivity index (χ2n) is 6.76. The number of carbonyl (C=O) groups is 2. The van der Waals surface area contributed by atoms with Crippen LogP contribution in [0.5, 0.6) is 5.75 Å². The molecule has 0 aliphatic carbocycles. The van der Waals surface area contributed by atoms with Gasteiger partial charge in [-0.3, -0.25) is 13.9 Å². The molecule has 154 valence electrons. The first-order valence-electron chi connectivity index (χ1n) is 9.11. The zero-order valence-electron chi connectivity index (χ0n) is 16.3. The van der Waals surface area contributed by atoms with E-state index >= 15 is 0 Å². The molecule has 0 unspecified atom stereocenters. The summed E-state index contributed by atoms with van der Waals surface area (Å²) in [4.78, 5) is 25.6. The van der Waals surface area contributed by atoms with E-state index in [9.17, 15) is 18.0 Å². The Morgan fingerprint density at radius 2 is 1.79 bits per heavy atom. The number of nitrogens with one attached hydrogen (secondary N) is 1. The minimum atomic E-state index is -3.33. The number of hydrogen-bond acceptors (Lipinski definition) is 5. The fourth-order valence-electron chi connectivity index (χ4n) is 2.94. The zero-order valence-corrected chi connectivity index (χ0v) is 17.1. The van der Waals surface area contributed by atoms with Crippen LogP contribution in [-0.4, -0.2) is 46.7 Å². The highest BCUT2D eigenvalue weighted by atomic mass is 32.2. The molecule has 0 saturated carbocycles. The van der Waals surface area contributed by atoms with E-state index < -0.39 is 10.0 Å². The number of ether oxygens (including phenoxy) is 1. The zero-order chi connectivity index (χ0) is 21.0. The maximum Gasteiger partial charge on any atom is 0.262 e. The van der Waals surface area contributed by atoms with Crippen molar-refractivity contribution in [1.82, 2.24) is 0 Å². The van der Waals surface area contributed by atoms with Crippen molar-refractivity contribution in [2.45, 2.75) is 12.8 Å². The summed E-state index contributed by atoms with van der Waals surface area (Å²) in [6.45, 7) is 0.533. The van der Waals surface area contributed by atoms with Crippen molar-refractivity contribution < 1.29 is 22.7 Å². The molecule has 0 atom stereocenters. The Morgan fingerprint density at radius 1 is 1.14 bits per heavy atom. The fourth-order valence-corrected chi connectivity index (χ4v) is 3.44. The van der Waals surface area contributed by atoms with Crippen LogP contribution in [-0.2, 0) is 19.6 Å². The lowest BCUT2D eigenvalue weighted by Crippen LogP contribution is -2.24. The summed E-state index contributed by atoms with van der Waals surface area (Å²) in [5.41, 5.74) is 1.93. The third-order valence-electron chi connectivity index (χ3n) is 4.60. The Bertz CT molecular complexity index is 988. The normalized spacial score (nSPS) is 14.0. The molecule has 3 rings (SSSR count). The minimum Gasteiger partial charge on any atom is -0.484 e. The van der Waals surface area contributed by atoms with Crippen LogP contribution in [0, 0.1) is 0 Å². The first-order chi connectivity index (χ1) is 13.7. The van der Waals surface area contributed by atoms with Crippen LogP contribution >= 0.6 is 0 Å². The van der Waals surface area contributed by atoms with Gasteiger partial charge in [0.15, 0.2) is 6.61 Å². The van der Waals surface area contributed by atoms with E-state index in [1.54, 1.807) is 53.4 Å². The molecule has 0 spiro atoms. The van der Waals surface area contributed by atoms with Crippen LogP contribution < -0.4 is 19.3 Å². The maximum atomic E-state index is 12.1. The van der Waals surface area contributed by atoms with E-state index in [2.05, 4.69) is 5.32 Å². The van der Waals surface area contributed by atoms with Gasteiger partial charge in [0.2, 0.25) is 15.9 Å². The fraction of sp³-hybridized carbons (Fsp3) is 0.300. The molecule has 1 aliphatic rings. The highest BCUT2D eigenvalue weighted by Crippen LogP contribution is 2.23. The van der Waals surface area contributed by atoms with Gasteiger partial charge >= 0.3 is 0 Å². The van der Waals surface area contributed by atoms with Crippen molar-refractivity contribution in [3.63, 3.8) is 0 Å². The average molecular weight is 417 g/mol. The third kappa shape index (κ3) is 5.26. The molecule has 0 aromatic heterocycles. The molecule has 1 aliphatic heterocycles. The smallest absolute Gasteiger partial charge is 0.262 e. The second-order valence-corrected chi connectivity index (χ2v) is 8.77. The summed E-state index contributed by atoms with van der Waals surface area (Å²) >= 11 is 0. The van der Waals surface area contributed by atoms with Gasteiger partial charge in [-0.1, -0.05) is 0 Å².